The van der Waals surface area contributed by atoms with Gasteiger partial charge >= 0.3 is 0 Å². The maximum Gasteiger partial charge on any atom is 0.160 e. The Morgan fingerprint density at radius 1 is 0.569 bits per heavy atom. The van der Waals surface area contributed by atoms with E-state index in [4.69, 9.17) is 9.98 Å². The molecule has 0 bridgehead atoms. The number of hydrogen-bond acceptors (Lipinski definition) is 1. The molecule has 8 aromatic rings. The highest BCUT2D eigenvalue weighted by Gasteiger charge is 2.35. The Morgan fingerprint density at radius 2 is 1.22 bits per heavy atom. The van der Waals surface area contributed by atoms with E-state index >= 15 is 0 Å². The number of rotatable bonds is 5. The summed E-state index contributed by atoms with van der Waals surface area (Å²) in [6.07, 6.45) is 0. The molecule has 0 aliphatic heterocycles. The second-order valence-electron chi connectivity index (χ2n) is 13.9. The van der Waals surface area contributed by atoms with Crippen LogP contribution in [-0.4, -0.2) is 16.1 Å². The number of fused-ring (bicyclic) bond motifs is 6. The minimum Gasteiger partial charge on any atom is -0.309 e. The lowest BCUT2D eigenvalue weighted by molar-refractivity contribution is 0.645. The second-order valence-corrected chi connectivity index (χ2v) is 13.9. The third-order valence-electron chi connectivity index (χ3n) is 10.5. The molecule has 1 aliphatic carbocycles. The normalized spacial score (nSPS) is 13.9. The molecule has 9 rings (SSSR count). The Morgan fingerprint density at radius 3 is 2.02 bits per heavy atom. The van der Waals surface area contributed by atoms with Gasteiger partial charge in [0, 0.05) is 44.3 Å². The first kappa shape index (κ1) is 30.7. The van der Waals surface area contributed by atoms with Gasteiger partial charge in [-0.2, -0.15) is 0 Å². The van der Waals surface area contributed by atoms with Gasteiger partial charge in [-0.05, 0) is 64.2 Å². The minimum absolute atomic E-state index is 0.105. The number of para-hydroxylation sites is 1. The van der Waals surface area contributed by atoms with Crippen LogP contribution in [0.2, 0.25) is 0 Å². The van der Waals surface area contributed by atoms with Crippen molar-refractivity contribution in [2.45, 2.75) is 26.2 Å². The Balaban J connectivity index is 1.25. The lowest BCUT2D eigenvalue weighted by atomic mass is 9.68. The summed E-state index contributed by atoms with van der Waals surface area (Å²) in [7, 11) is 0. The van der Waals surface area contributed by atoms with Gasteiger partial charge in [-0.3, -0.25) is 0 Å². The molecule has 0 atom stereocenters. The van der Waals surface area contributed by atoms with Crippen molar-refractivity contribution in [3.63, 3.8) is 0 Å². The van der Waals surface area contributed by atoms with Crippen LogP contribution in [0.15, 0.2) is 174 Å². The summed E-state index contributed by atoms with van der Waals surface area (Å²) < 4.78 is 2.41. The third kappa shape index (κ3) is 4.96. The van der Waals surface area contributed by atoms with E-state index in [1.165, 1.54) is 54.8 Å². The molecule has 3 heteroatoms. The molecule has 0 spiro atoms. The molecule has 0 unspecified atom stereocenters. The Labute approximate surface area is 298 Å². The van der Waals surface area contributed by atoms with E-state index in [1.807, 2.05) is 55.5 Å². The number of aromatic nitrogens is 1. The Kier molecular flexibility index (Phi) is 7.18. The molecule has 0 fully saturated rings. The van der Waals surface area contributed by atoms with Crippen molar-refractivity contribution in [1.82, 2.24) is 4.57 Å². The van der Waals surface area contributed by atoms with Crippen LogP contribution in [0.1, 0.15) is 48.6 Å². The SMILES string of the molecule is C=C(/N=C(\N=C(/C)c1ccccc1)c1ccccc1)c1cccc(-n2c3ccccc3c3c4c5c(cccc5cc32)C(C)(C)c2ccccc2-4)c1. The van der Waals surface area contributed by atoms with Gasteiger partial charge < -0.3 is 4.57 Å². The van der Waals surface area contributed by atoms with E-state index in [0.717, 1.165) is 28.1 Å². The van der Waals surface area contributed by atoms with Gasteiger partial charge in [0.2, 0.25) is 0 Å². The number of amidine groups is 1. The highest BCUT2D eigenvalue weighted by Crippen LogP contribution is 2.52. The second kappa shape index (κ2) is 11.9. The van der Waals surface area contributed by atoms with E-state index in [9.17, 15) is 0 Å². The largest absolute Gasteiger partial charge is 0.309 e. The van der Waals surface area contributed by atoms with Crippen LogP contribution in [-0.2, 0) is 5.41 Å². The first-order chi connectivity index (χ1) is 24.9. The number of hydrogen-bond donors (Lipinski definition) is 0. The minimum atomic E-state index is -0.105. The lowest BCUT2D eigenvalue weighted by Crippen LogP contribution is -2.23. The van der Waals surface area contributed by atoms with E-state index in [0.29, 0.717) is 11.5 Å². The molecular weight excluding hydrogens is 619 g/mol. The van der Waals surface area contributed by atoms with Crippen LogP contribution >= 0.6 is 0 Å². The molecule has 7 aromatic carbocycles. The number of aliphatic imine (C=N–C) groups is 2. The average molecular weight is 656 g/mol. The van der Waals surface area contributed by atoms with E-state index in [-0.39, 0.29) is 5.41 Å². The monoisotopic (exact) mass is 655 g/mol. The average Bonchev–Trinajstić information content (AvgIpc) is 3.50. The topological polar surface area (TPSA) is 29.6 Å². The summed E-state index contributed by atoms with van der Waals surface area (Å²) >= 11 is 0. The van der Waals surface area contributed by atoms with Crippen LogP contribution in [0.5, 0.6) is 0 Å². The van der Waals surface area contributed by atoms with Crippen molar-refractivity contribution in [3.05, 3.63) is 192 Å². The molecule has 244 valence electrons. The zero-order valence-corrected chi connectivity index (χ0v) is 29.1. The van der Waals surface area contributed by atoms with Gasteiger partial charge in [0.1, 0.15) is 0 Å². The zero-order valence-electron chi connectivity index (χ0n) is 29.1. The molecule has 1 heterocycles. The molecular formula is C48H37N3. The summed E-state index contributed by atoms with van der Waals surface area (Å²) in [6.45, 7) is 11.2. The summed E-state index contributed by atoms with van der Waals surface area (Å²) in [4.78, 5) is 10.1. The van der Waals surface area contributed by atoms with E-state index in [2.05, 4.69) is 134 Å². The van der Waals surface area contributed by atoms with E-state index in [1.54, 1.807) is 0 Å². The van der Waals surface area contributed by atoms with Crippen LogP contribution in [0, 0.1) is 0 Å². The van der Waals surface area contributed by atoms with Crippen LogP contribution in [0.25, 0.3) is 55.1 Å². The maximum absolute atomic E-state index is 5.08. The first-order valence-electron chi connectivity index (χ1n) is 17.5. The van der Waals surface area contributed by atoms with Crippen molar-refractivity contribution in [2.24, 2.45) is 9.98 Å². The Bertz CT molecular complexity index is 2730. The zero-order chi connectivity index (χ0) is 34.7. The molecule has 3 nitrogen and oxygen atoms in total. The van der Waals surface area contributed by atoms with Crippen LogP contribution in [0.4, 0.5) is 0 Å². The molecule has 0 saturated heterocycles. The number of benzene rings is 7. The molecule has 0 saturated carbocycles. The predicted molar refractivity (Wildman–Crippen MR) is 217 cm³/mol. The van der Waals surface area contributed by atoms with Gasteiger partial charge in [-0.1, -0.05) is 154 Å². The predicted octanol–water partition coefficient (Wildman–Crippen LogP) is 12.2. The van der Waals surface area contributed by atoms with Gasteiger partial charge in [0.25, 0.3) is 0 Å². The fourth-order valence-electron chi connectivity index (χ4n) is 8.02. The molecule has 0 amide bonds. The standard InChI is InChI=1S/C48H37N3/c1-31(33-17-7-5-8-18-33)49-47(34-19-9-6-10-20-34)50-32(2)35-21-15-23-37(29-35)51-42-28-14-12-25-39(42)45-43(51)30-36-22-16-27-41-44(36)46(45)38-24-11-13-26-40(38)48(41,3)4/h5-30H,2H2,1,3-4H3/b49-31+,50-47-. The molecule has 51 heavy (non-hydrogen) atoms. The fourth-order valence-corrected chi connectivity index (χ4v) is 8.02. The fraction of sp³-hybridized carbons (Fsp3) is 0.0833. The van der Waals surface area contributed by atoms with Crippen molar-refractivity contribution in [3.8, 4) is 16.8 Å². The molecule has 0 N–H and O–H groups in total. The van der Waals surface area contributed by atoms with Gasteiger partial charge in [0.05, 0.1) is 16.7 Å². The summed E-state index contributed by atoms with van der Waals surface area (Å²) in [5.74, 6) is 0.632. The maximum atomic E-state index is 5.08. The first-order valence-corrected chi connectivity index (χ1v) is 17.5. The van der Waals surface area contributed by atoms with Gasteiger partial charge in [-0.15, -0.1) is 0 Å². The van der Waals surface area contributed by atoms with Crippen LogP contribution in [0.3, 0.4) is 0 Å². The summed E-state index contributed by atoms with van der Waals surface area (Å²) in [6, 6.07) is 55.9. The molecule has 1 aromatic heterocycles. The number of nitrogens with zero attached hydrogens (tertiary/aromatic N) is 3. The van der Waals surface area contributed by atoms with Gasteiger partial charge in [0.15, 0.2) is 5.84 Å². The van der Waals surface area contributed by atoms with Crippen molar-refractivity contribution < 1.29 is 0 Å². The van der Waals surface area contributed by atoms with Crippen molar-refractivity contribution >= 4 is 49.8 Å². The molecule has 1 aliphatic rings. The van der Waals surface area contributed by atoms with Crippen molar-refractivity contribution in [1.29, 1.82) is 0 Å². The van der Waals surface area contributed by atoms with Crippen LogP contribution < -0.4 is 0 Å². The summed E-state index contributed by atoms with van der Waals surface area (Å²) in [5, 5.41) is 5.14. The highest BCUT2D eigenvalue weighted by molar-refractivity contribution is 6.24. The Hall–Kier alpha value is -6.32. The molecule has 0 radical (unpaired) electrons. The van der Waals surface area contributed by atoms with E-state index < -0.39 is 0 Å². The van der Waals surface area contributed by atoms with Gasteiger partial charge in [-0.25, -0.2) is 9.98 Å². The van der Waals surface area contributed by atoms with Crippen molar-refractivity contribution in [2.75, 3.05) is 0 Å². The highest BCUT2D eigenvalue weighted by atomic mass is 15.0. The lowest BCUT2D eigenvalue weighted by Gasteiger charge is -2.35. The quantitative estimate of drug-likeness (QED) is 0.130. The smallest absolute Gasteiger partial charge is 0.160 e. The summed E-state index contributed by atoms with van der Waals surface area (Å²) in [5.41, 5.74) is 13.2. The third-order valence-corrected chi connectivity index (χ3v) is 10.5.